The minimum atomic E-state index is -4.29. The maximum atomic E-state index is 12.6. The van der Waals surface area contributed by atoms with Gasteiger partial charge in [-0.1, -0.05) is 156 Å². The van der Waals surface area contributed by atoms with Gasteiger partial charge in [0, 0.05) is 19.6 Å². The number of rotatable bonds is 40. The molecule has 0 aliphatic rings. The fourth-order valence-electron chi connectivity index (χ4n) is 5.39. The summed E-state index contributed by atoms with van der Waals surface area (Å²) >= 11 is 0. The van der Waals surface area contributed by atoms with E-state index in [1.165, 1.54) is 19.3 Å². The molecule has 0 rings (SSSR count). The van der Waals surface area contributed by atoms with Gasteiger partial charge in [0.15, 0.2) is 0 Å². The number of unbranched alkanes of at least 4 members (excludes halogenated alkanes) is 11. The van der Waals surface area contributed by atoms with Crippen molar-refractivity contribution in [3.05, 3.63) is 97.2 Å². The number of phosphoric ester groups is 1. The first-order chi connectivity index (χ1) is 27.4. The van der Waals surface area contributed by atoms with Gasteiger partial charge in [-0.05, 0) is 89.9 Å². The van der Waals surface area contributed by atoms with Crippen LogP contribution in [0.25, 0.3) is 0 Å². The SMILES string of the molecule is CC/C=C\C/C=C\C/C=C\C/C=C\C/C=C\CCCCCCCCOCC(COP(=O)(O)OCCN)OC(=O)CCCCCCC/C=C\C/C=C\C/C=C\CC. The van der Waals surface area contributed by atoms with Crippen molar-refractivity contribution in [3.8, 4) is 0 Å². The maximum Gasteiger partial charge on any atom is 0.472 e. The van der Waals surface area contributed by atoms with Gasteiger partial charge in [-0.3, -0.25) is 13.8 Å². The van der Waals surface area contributed by atoms with E-state index in [-0.39, 0.29) is 38.8 Å². The summed E-state index contributed by atoms with van der Waals surface area (Å²) in [6.45, 7) is 4.60. The summed E-state index contributed by atoms with van der Waals surface area (Å²) < 4.78 is 33.4. The monoisotopic (exact) mass is 802 g/mol. The van der Waals surface area contributed by atoms with Crippen LogP contribution in [-0.2, 0) is 27.9 Å². The zero-order valence-corrected chi connectivity index (χ0v) is 36.2. The number of carbonyl (C=O) groups excluding carboxylic acids is 1. The first kappa shape index (κ1) is 53.4. The van der Waals surface area contributed by atoms with Gasteiger partial charge < -0.3 is 20.1 Å². The van der Waals surface area contributed by atoms with Gasteiger partial charge in [0.2, 0.25) is 0 Å². The number of esters is 1. The molecule has 0 heterocycles. The van der Waals surface area contributed by atoms with E-state index < -0.39 is 13.9 Å². The molecule has 0 radical (unpaired) electrons. The van der Waals surface area contributed by atoms with Gasteiger partial charge in [0.05, 0.1) is 19.8 Å². The second-order valence-electron chi connectivity index (χ2n) is 13.8. The molecule has 0 spiro atoms. The second kappa shape index (κ2) is 43.5. The van der Waals surface area contributed by atoms with Crippen LogP contribution in [0.1, 0.15) is 155 Å². The van der Waals surface area contributed by atoms with E-state index in [1.807, 2.05) is 0 Å². The van der Waals surface area contributed by atoms with Crippen LogP contribution in [-0.4, -0.2) is 49.9 Å². The van der Waals surface area contributed by atoms with Crippen molar-refractivity contribution >= 4 is 13.8 Å². The highest BCUT2D eigenvalue weighted by Gasteiger charge is 2.25. The lowest BCUT2D eigenvalue weighted by molar-refractivity contribution is -0.154. The number of nitrogens with two attached hydrogens (primary N) is 1. The Kier molecular flexibility index (Phi) is 41.5. The molecule has 0 aromatic heterocycles. The zero-order valence-electron chi connectivity index (χ0n) is 35.3. The summed E-state index contributed by atoms with van der Waals surface area (Å²) in [5.41, 5.74) is 5.37. The third-order valence-corrected chi connectivity index (χ3v) is 9.48. The van der Waals surface area contributed by atoms with Crippen molar-refractivity contribution in [1.29, 1.82) is 0 Å². The van der Waals surface area contributed by atoms with Crippen molar-refractivity contribution in [2.45, 2.75) is 161 Å². The van der Waals surface area contributed by atoms with Crippen LogP contribution in [0.3, 0.4) is 0 Å². The Morgan fingerprint density at radius 1 is 0.536 bits per heavy atom. The molecular formula is C47H80NO7P. The molecule has 9 heteroatoms. The van der Waals surface area contributed by atoms with Crippen molar-refractivity contribution in [3.63, 3.8) is 0 Å². The molecule has 0 fully saturated rings. The highest BCUT2D eigenvalue weighted by atomic mass is 31.2. The Bertz CT molecular complexity index is 1170. The lowest BCUT2D eigenvalue weighted by Gasteiger charge is -2.20. The molecule has 2 atom stereocenters. The van der Waals surface area contributed by atoms with Gasteiger partial charge in [-0.2, -0.15) is 0 Å². The normalized spacial score (nSPS) is 14.4. The van der Waals surface area contributed by atoms with Crippen molar-refractivity contribution < 1.29 is 32.8 Å². The minimum Gasteiger partial charge on any atom is -0.457 e. The molecule has 0 aliphatic carbocycles. The standard InChI is InChI=1S/C47H80NO7P/c1-3-5-7-9-11-13-15-17-19-20-21-22-23-24-25-27-29-31-33-35-37-39-42-52-44-46(45-54-56(50,51)53-43-41-48)55-47(49)40-38-36-34-32-30-28-26-18-16-14-12-10-8-6-4-2/h5-8,11-14,17-19,21-22,24-26,46H,3-4,9-10,15-16,20,23,27-45,48H2,1-2H3,(H,50,51)/b7-5-,8-6-,13-11-,14-12-,19-17-,22-21-,25-24-,26-18-. The minimum absolute atomic E-state index is 0.0888. The van der Waals surface area contributed by atoms with E-state index in [0.29, 0.717) is 6.61 Å². The largest absolute Gasteiger partial charge is 0.472 e. The lowest BCUT2D eigenvalue weighted by Crippen LogP contribution is -2.28. The molecule has 8 nitrogen and oxygen atoms in total. The van der Waals surface area contributed by atoms with E-state index in [0.717, 1.165) is 116 Å². The first-order valence-electron chi connectivity index (χ1n) is 21.7. The fourth-order valence-corrected chi connectivity index (χ4v) is 6.15. The van der Waals surface area contributed by atoms with E-state index in [2.05, 4.69) is 111 Å². The number of carbonyl (C=O) groups is 1. The summed E-state index contributed by atoms with van der Waals surface area (Å²) in [5, 5.41) is 0. The topological polar surface area (TPSA) is 117 Å². The molecule has 0 aliphatic heterocycles. The van der Waals surface area contributed by atoms with Crippen LogP contribution >= 0.6 is 7.82 Å². The Balaban J connectivity index is 4.10. The number of phosphoric acid groups is 1. The lowest BCUT2D eigenvalue weighted by atomic mass is 10.1. The van der Waals surface area contributed by atoms with Gasteiger partial charge in [0.1, 0.15) is 6.10 Å². The van der Waals surface area contributed by atoms with E-state index in [1.54, 1.807) is 0 Å². The third-order valence-electron chi connectivity index (χ3n) is 8.50. The molecule has 0 aromatic rings. The third kappa shape index (κ3) is 42.6. The average Bonchev–Trinajstić information content (AvgIpc) is 3.19. The summed E-state index contributed by atoms with van der Waals surface area (Å²) in [6, 6.07) is 0. The fraction of sp³-hybridized carbons (Fsp3) is 0.638. The van der Waals surface area contributed by atoms with Crippen LogP contribution < -0.4 is 5.73 Å². The second-order valence-corrected chi connectivity index (χ2v) is 15.2. The predicted octanol–water partition coefficient (Wildman–Crippen LogP) is 13.1. The Morgan fingerprint density at radius 2 is 0.946 bits per heavy atom. The van der Waals surface area contributed by atoms with Gasteiger partial charge in [0.25, 0.3) is 0 Å². The molecule has 2 unspecified atom stereocenters. The van der Waals surface area contributed by atoms with Crippen molar-refractivity contribution in [2.75, 3.05) is 33.0 Å². The van der Waals surface area contributed by atoms with Crippen LogP contribution in [0.2, 0.25) is 0 Å². The van der Waals surface area contributed by atoms with Gasteiger partial charge >= 0.3 is 13.8 Å². The number of ether oxygens (including phenoxy) is 2. The van der Waals surface area contributed by atoms with Crippen LogP contribution in [0.5, 0.6) is 0 Å². The molecule has 0 aromatic carbocycles. The molecular weight excluding hydrogens is 721 g/mol. The molecule has 0 saturated heterocycles. The zero-order chi connectivity index (χ0) is 40.9. The van der Waals surface area contributed by atoms with Gasteiger partial charge in [-0.15, -0.1) is 0 Å². The highest BCUT2D eigenvalue weighted by Crippen LogP contribution is 2.43. The molecule has 0 bridgehead atoms. The van der Waals surface area contributed by atoms with E-state index in [9.17, 15) is 14.3 Å². The molecule has 0 amide bonds. The summed E-state index contributed by atoms with van der Waals surface area (Å²) in [6.07, 6.45) is 57.1. The summed E-state index contributed by atoms with van der Waals surface area (Å²) in [7, 11) is -4.29. The predicted molar refractivity (Wildman–Crippen MR) is 238 cm³/mol. The van der Waals surface area contributed by atoms with Crippen LogP contribution in [0, 0.1) is 0 Å². The maximum absolute atomic E-state index is 12.6. The average molecular weight is 802 g/mol. The van der Waals surface area contributed by atoms with Crippen molar-refractivity contribution in [2.24, 2.45) is 5.73 Å². The highest BCUT2D eigenvalue weighted by molar-refractivity contribution is 7.47. The smallest absolute Gasteiger partial charge is 0.457 e. The Labute approximate surface area is 342 Å². The van der Waals surface area contributed by atoms with Crippen LogP contribution in [0.15, 0.2) is 97.2 Å². The molecule has 0 saturated carbocycles. The summed E-state index contributed by atoms with van der Waals surface area (Å²) in [4.78, 5) is 22.5. The molecule has 320 valence electrons. The number of hydrogen-bond donors (Lipinski definition) is 2. The Hall–Kier alpha value is -2.58. The van der Waals surface area contributed by atoms with E-state index in [4.69, 9.17) is 24.3 Å². The quantitative estimate of drug-likeness (QED) is 0.0272. The molecule has 3 N–H and O–H groups in total. The van der Waals surface area contributed by atoms with Crippen molar-refractivity contribution in [1.82, 2.24) is 0 Å². The van der Waals surface area contributed by atoms with Gasteiger partial charge in [-0.25, -0.2) is 4.57 Å². The van der Waals surface area contributed by atoms with E-state index >= 15 is 0 Å². The molecule has 56 heavy (non-hydrogen) atoms. The summed E-state index contributed by atoms with van der Waals surface area (Å²) in [5.74, 6) is -0.358. The Morgan fingerprint density at radius 3 is 1.41 bits per heavy atom. The van der Waals surface area contributed by atoms with Crippen LogP contribution in [0.4, 0.5) is 0 Å². The number of hydrogen-bond acceptors (Lipinski definition) is 7. The first-order valence-corrected chi connectivity index (χ1v) is 23.2. The number of allylic oxidation sites excluding steroid dienone is 16.